The number of nitrogens with zero attached hydrogens (tertiary/aromatic N) is 2. The fourth-order valence-corrected chi connectivity index (χ4v) is 3.50. The lowest BCUT2D eigenvalue weighted by Crippen LogP contribution is -2.25. The van der Waals surface area contributed by atoms with Gasteiger partial charge in [0.2, 0.25) is 0 Å². The van der Waals surface area contributed by atoms with Gasteiger partial charge < -0.3 is 5.11 Å². The maximum atomic E-state index is 12.7. The SMILES string of the molecule is CCCc1cn(CCC)c(=O)n1Cc1ccc(-c2ccccc2C(=O)O)cc1. The molecule has 0 amide bonds. The van der Waals surface area contributed by atoms with Crippen LogP contribution < -0.4 is 5.69 Å². The number of carboxylic acids is 1. The molecule has 1 aromatic heterocycles. The zero-order valence-electron chi connectivity index (χ0n) is 16.4. The third kappa shape index (κ3) is 4.09. The van der Waals surface area contributed by atoms with E-state index >= 15 is 0 Å². The van der Waals surface area contributed by atoms with Crippen molar-refractivity contribution in [1.29, 1.82) is 0 Å². The molecule has 1 N–H and O–H groups in total. The highest BCUT2D eigenvalue weighted by molar-refractivity contribution is 5.95. The number of hydrogen-bond acceptors (Lipinski definition) is 2. The van der Waals surface area contributed by atoms with Crippen molar-refractivity contribution in [3.05, 3.63) is 82.0 Å². The van der Waals surface area contributed by atoms with Gasteiger partial charge in [-0.05, 0) is 35.6 Å². The zero-order valence-corrected chi connectivity index (χ0v) is 16.4. The van der Waals surface area contributed by atoms with Gasteiger partial charge in [-0.1, -0.05) is 62.7 Å². The number of aromatic nitrogens is 2. The number of carbonyl (C=O) groups is 1. The minimum Gasteiger partial charge on any atom is -0.478 e. The molecule has 0 saturated heterocycles. The number of benzene rings is 2. The van der Waals surface area contributed by atoms with Gasteiger partial charge in [0.25, 0.3) is 0 Å². The van der Waals surface area contributed by atoms with Gasteiger partial charge in [0.05, 0.1) is 12.1 Å². The lowest BCUT2D eigenvalue weighted by molar-refractivity contribution is 0.0697. The van der Waals surface area contributed by atoms with E-state index in [0.29, 0.717) is 12.1 Å². The van der Waals surface area contributed by atoms with Gasteiger partial charge in [0, 0.05) is 18.4 Å². The van der Waals surface area contributed by atoms with Crippen LogP contribution in [0.3, 0.4) is 0 Å². The Hall–Kier alpha value is -3.08. The van der Waals surface area contributed by atoms with Crippen molar-refractivity contribution < 1.29 is 9.90 Å². The molecule has 0 aliphatic heterocycles. The fourth-order valence-electron chi connectivity index (χ4n) is 3.50. The van der Waals surface area contributed by atoms with E-state index in [2.05, 4.69) is 13.8 Å². The van der Waals surface area contributed by atoms with Gasteiger partial charge in [0.1, 0.15) is 0 Å². The molecular weight excluding hydrogens is 352 g/mol. The predicted molar refractivity (Wildman–Crippen MR) is 111 cm³/mol. The Labute approximate surface area is 164 Å². The molecule has 5 heteroatoms. The Morgan fingerprint density at radius 3 is 2.36 bits per heavy atom. The maximum absolute atomic E-state index is 12.7. The number of imidazole rings is 1. The monoisotopic (exact) mass is 378 g/mol. The molecule has 0 atom stereocenters. The van der Waals surface area contributed by atoms with Crippen LogP contribution >= 0.6 is 0 Å². The van der Waals surface area contributed by atoms with E-state index in [0.717, 1.165) is 42.6 Å². The third-order valence-electron chi connectivity index (χ3n) is 4.86. The van der Waals surface area contributed by atoms with Crippen LogP contribution in [0, 0.1) is 0 Å². The molecule has 0 fully saturated rings. The van der Waals surface area contributed by atoms with Crippen LogP contribution in [0.4, 0.5) is 0 Å². The molecule has 3 rings (SSSR count). The first-order chi connectivity index (χ1) is 13.5. The minimum atomic E-state index is -0.937. The molecule has 5 nitrogen and oxygen atoms in total. The third-order valence-corrected chi connectivity index (χ3v) is 4.86. The van der Waals surface area contributed by atoms with Crippen LogP contribution in [-0.2, 0) is 19.5 Å². The summed E-state index contributed by atoms with van der Waals surface area (Å²) in [6.07, 6.45) is 4.76. The number of rotatable bonds is 8. The Balaban J connectivity index is 1.90. The van der Waals surface area contributed by atoms with Gasteiger partial charge in [-0.15, -0.1) is 0 Å². The molecule has 3 aromatic rings. The molecule has 0 unspecified atom stereocenters. The van der Waals surface area contributed by atoms with Gasteiger partial charge in [0.15, 0.2) is 0 Å². The summed E-state index contributed by atoms with van der Waals surface area (Å²) in [5, 5.41) is 9.39. The Kier molecular flexibility index (Phi) is 6.14. The molecule has 0 bridgehead atoms. The van der Waals surface area contributed by atoms with Crippen LogP contribution in [-0.4, -0.2) is 20.2 Å². The summed E-state index contributed by atoms with van der Waals surface area (Å²) in [7, 11) is 0. The molecular formula is C23H26N2O3. The fraction of sp³-hybridized carbons (Fsp3) is 0.304. The molecule has 1 heterocycles. The van der Waals surface area contributed by atoms with Crippen molar-refractivity contribution in [2.75, 3.05) is 0 Å². The van der Waals surface area contributed by atoms with E-state index in [4.69, 9.17) is 0 Å². The first-order valence-corrected chi connectivity index (χ1v) is 9.75. The average molecular weight is 378 g/mol. The first-order valence-electron chi connectivity index (χ1n) is 9.75. The summed E-state index contributed by atoms with van der Waals surface area (Å²) in [5.41, 5.74) is 3.94. The van der Waals surface area contributed by atoms with Crippen LogP contribution in [0.15, 0.2) is 59.5 Å². The highest BCUT2D eigenvalue weighted by Gasteiger charge is 2.13. The zero-order chi connectivity index (χ0) is 20.1. The van der Waals surface area contributed by atoms with Crippen LogP contribution in [0.2, 0.25) is 0 Å². The summed E-state index contributed by atoms with van der Waals surface area (Å²) >= 11 is 0. The molecule has 0 radical (unpaired) electrons. The minimum absolute atomic E-state index is 0.0330. The molecule has 0 aliphatic carbocycles. The summed E-state index contributed by atoms with van der Waals surface area (Å²) in [4.78, 5) is 24.2. The van der Waals surface area contributed by atoms with E-state index in [1.165, 1.54) is 0 Å². The molecule has 0 saturated carbocycles. The van der Waals surface area contributed by atoms with Crippen LogP contribution in [0.5, 0.6) is 0 Å². The summed E-state index contributed by atoms with van der Waals surface area (Å²) < 4.78 is 3.64. The van der Waals surface area contributed by atoms with Gasteiger partial charge >= 0.3 is 11.7 Å². The van der Waals surface area contributed by atoms with E-state index < -0.39 is 5.97 Å². The predicted octanol–water partition coefficient (Wildman–Crippen LogP) is 4.43. The number of hydrogen-bond donors (Lipinski definition) is 1. The molecule has 2 aromatic carbocycles. The van der Waals surface area contributed by atoms with Gasteiger partial charge in [-0.3, -0.25) is 9.13 Å². The van der Waals surface area contributed by atoms with Crippen molar-refractivity contribution in [3.63, 3.8) is 0 Å². The lowest BCUT2D eigenvalue weighted by atomic mass is 9.99. The van der Waals surface area contributed by atoms with Crippen molar-refractivity contribution >= 4 is 5.97 Å². The standard InChI is InChI=1S/C23H26N2O3/c1-3-7-19-16-24(14-4-2)23(28)25(19)15-17-10-12-18(13-11-17)20-8-5-6-9-21(20)22(26)27/h5-6,8-13,16H,3-4,7,14-15H2,1-2H3,(H,26,27). The number of aromatic carboxylic acids is 1. The highest BCUT2D eigenvalue weighted by Crippen LogP contribution is 2.24. The van der Waals surface area contributed by atoms with Crippen LogP contribution in [0.25, 0.3) is 11.1 Å². The van der Waals surface area contributed by atoms with E-state index in [-0.39, 0.29) is 11.3 Å². The maximum Gasteiger partial charge on any atom is 0.336 e. The summed E-state index contributed by atoms with van der Waals surface area (Å²) in [5.74, 6) is -0.937. The van der Waals surface area contributed by atoms with Crippen molar-refractivity contribution in [3.8, 4) is 11.1 Å². The van der Waals surface area contributed by atoms with Crippen molar-refractivity contribution in [1.82, 2.24) is 9.13 Å². The smallest absolute Gasteiger partial charge is 0.336 e. The number of aryl methyl sites for hydroxylation is 2. The highest BCUT2D eigenvalue weighted by atomic mass is 16.4. The summed E-state index contributed by atoms with van der Waals surface area (Å²) in [6, 6.07) is 14.8. The Morgan fingerprint density at radius 1 is 1.00 bits per heavy atom. The Morgan fingerprint density at radius 2 is 1.71 bits per heavy atom. The Bertz CT molecular complexity index is 1010. The van der Waals surface area contributed by atoms with E-state index in [1.54, 1.807) is 16.7 Å². The second-order valence-electron chi connectivity index (χ2n) is 6.98. The lowest BCUT2D eigenvalue weighted by Gasteiger charge is -2.09. The van der Waals surface area contributed by atoms with Crippen LogP contribution in [0.1, 0.15) is 48.3 Å². The second kappa shape index (κ2) is 8.74. The average Bonchev–Trinajstić information content (AvgIpc) is 2.98. The van der Waals surface area contributed by atoms with Crippen molar-refractivity contribution in [2.24, 2.45) is 0 Å². The molecule has 0 aliphatic rings. The topological polar surface area (TPSA) is 64.2 Å². The number of carboxylic acid groups (broad SMARTS) is 1. The molecule has 0 spiro atoms. The van der Waals surface area contributed by atoms with E-state index in [1.807, 2.05) is 47.2 Å². The van der Waals surface area contributed by atoms with Gasteiger partial charge in [-0.2, -0.15) is 0 Å². The second-order valence-corrected chi connectivity index (χ2v) is 6.98. The molecule has 146 valence electrons. The van der Waals surface area contributed by atoms with Gasteiger partial charge in [-0.25, -0.2) is 9.59 Å². The quantitative estimate of drug-likeness (QED) is 0.631. The normalized spacial score (nSPS) is 10.9. The van der Waals surface area contributed by atoms with E-state index in [9.17, 15) is 14.7 Å². The van der Waals surface area contributed by atoms with Crippen molar-refractivity contribution in [2.45, 2.75) is 46.2 Å². The first kappa shape index (κ1) is 19.7. The summed E-state index contributed by atoms with van der Waals surface area (Å²) in [6.45, 7) is 5.43. The molecule has 28 heavy (non-hydrogen) atoms. The largest absolute Gasteiger partial charge is 0.478 e.